The summed E-state index contributed by atoms with van der Waals surface area (Å²) in [5, 5.41) is 28.1. The summed E-state index contributed by atoms with van der Waals surface area (Å²) in [6.07, 6.45) is -6.91. The fraction of sp³-hybridized carbons (Fsp3) is 0.545. The second-order valence-corrected chi connectivity index (χ2v) is 15.8. The Hall–Kier alpha value is -4.66. The molecule has 6 N–H and O–H groups in total. The first-order valence-electron chi connectivity index (χ1n) is 22.3. The molecule has 12 nitrogen and oxygen atoms in total. The summed E-state index contributed by atoms with van der Waals surface area (Å²) in [5.74, 6) is -4.20. The predicted molar refractivity (Wildman–Crippen MR) is 219 cm³/mol. The lowest BCUT2D eigenvalue weighted by atomic mass is 9.93. The molecule has 314 valence electrons. The number of aromatic amines is 2. The van der Waals surface area contributed by atoms with Gasteiger partial charge < -0.3 is 40.6 Å². The number of likely N-dealkylation sites (N-methyl/N-ethyl adjacent to an activating group) is 1. The Morgan fingerprint density at radius 2 is 1.31 bits per heavy atom. The molecule has 2 aliphatic heterocycles. The number of carbonyl (C=O) groups excluding carboxylic acids is 4. The summed E-state index contributed by atoms with van der Waals surface area (Å²) in [6.45, 7) is 8.25. The van der Waals surface area contributed by atoms with Crippen molar-refractivity contribution in [1.29, 1.82) is 0 Å². The Morgan fingerprint density at radius 3 is 1.76 bits per heavy atom. The molecular formula is C44H58F2N6O6. The molecule has 58 heavy (non-hydrogen) atoms. The van der Waals surface area contributed by atoms with E-state index in [2.05, 4.69) is 20.6 Å². The second kappa shape index (κ2) is 18.1. The zero-order valence-corrected chi connectivity index (χ0v) is 33.9. The van der Waals surface area contributed by atoms with Crippen molar-refractivity contribution in [2.75, 3.05) is 20.1 Å². The number of aliphatic hydroxyl groups excluding tert-OH is 2. The minimum atomic E-state index is -2.55. The van der Waals surface area contributed by atoms with Gasteiger partial charge in [0.05, 0.1) is 29.6 Å². The SMILES string of the molecule is [2H]C([2H])(c1c(-c2[nH]c3cc(F)ccc3c2C([2H])([2H])[C@@H]2C[C@H](O)CN2C(=O)[C@H](CC)NC(=O)[C@H](C)CC)[nH]c2cc(F)ccc12)[C@@H]1C[C@H](O)CN1C(=O)[C@H](CC)CC(=O)[C@H](C)NC. The molecule has 2 fully saturated rings. The standard InChI is InChI=1S/C44H58F2N6O6/c1-7-23(4)42(56)50-36(9-3)44(58)52-22-31(54)18-29(52)20-35-33-13-11-27(46)16-38(33)49-41(35)40-34(32-12-10-26(45)15-37(32)48-40)19-28-17-30(53)21-51(28)43(57)25(8-2)14-39(55)24(5)47-6/h10-13,15-16,23-25,28-31,36,47-49,53-54H,7-9,14,17-22H2,1-6H3,(H,50,56)/t23-,24+,25-,28+,29+,30+,31+,36+/m1/s1/i19D2,20D2. The van der Waals surface area contributed by atoms with Gasteiger partial charge in [-0.1, -0.05) is 27.7 Å². The first-order valence-corrected chi connectivity index (χ1v) is 20.3. The van der Waals surface area contributed by atoms with Gasteiger partial charge in [-0.25, -0.2) is 8.78 Å². The van der Waals surface area contributed by atoms with Crippen LogP contribution in [0.25, 0.3) is 33.2 Å². The van der Waals surface area contributed by atoms with Crippen LogP contribution in [0.1, 0.15) is 89.8 Å². The van der Waals surface area contributed by atoms with Crippen LogP contribution in [0.5, 0.6) is 0 Å². The number of rotatable bonds is 16. The number of nitrogens with one attached hydrogen (secondary N) is 4. The number of halogens is 2. The molecule has 2 saturated heterocycles. The van der Waals surface area contributed by atoms with E-state index in [1.54, 1.807) is 34.7 Å². The van der Waals surface area contributed by atoms with E-state index in [0.717, 1.165) is 24.3 Å². The molecule has 0 bridgehead atoms. The quantitative estimate of drug-likeness (QED) is 0.0911. The highest BCUT2D eigenvalue weighted by molar-refractivity contribution is 5.97. The Bertz CT molecular complexity index is 2180. The number of fused-ring (bicyclic) bond motifs is 2. The van der Waals surface area contributed by atoms with Crippen molar-refractivity contribution in [2.45, 2.75) is 122 Å². The maximum Gasteiger partial charge on any atom is 0.245 e. The van der Waals surface area contributed by atoms with Gasteiger partial charge in [-0.2, -0.15) is 0 Å². The lowest BCUT2D eigenvalue weighted by molar-refractivity contribution is -0.139. The normalized spacial score (nSPS) is 23.3. The zero-order valence-electron chi connectivity index (χ0n) is 37.9. The third kappa shape index (κ3) is 8.84. The number of benzene rings is 2. The highest BCUT2D eigenvalue weighted by Gasteiger charge is 2.41. The molecule has 2 aromatic carbocycles. The monoisotopic (exact) mass is 808 g/mol. The molecule has 0 unspecified atom stereocenters. The largest absolute Gasteiger partial charge is 0.391 e. The fourth-order valence-electron chi connectivity index (χ4n) is 8.00. The van der Waals surface area contributed by atoms with Gasteiger partial charge in [-0.15, -0.1) is 0 Å². The summed E-state index contributed by atoms with van der Waals surface area (Å²) >= 11 is 0. The minimum absolute atomic E-state index is 0.0476. The number of Topliss-reactive ketones (excluding diaryl/α,β-unsaturated/α-hetero) is 1. The Labute approximate surface area is 343 Å². The van der Waals surface area contributed by atoms with Crippen LogP contribution in [0.3, 0.4) is 0 Å². The van der Waals surface area contributed by atoms with E-state index in [1.165, 1.54) is 21.9 Å². The highest BCUT2D eigenvalue weighted by Crippen LogP contribution is 2.40. The van der Waals surface area contributed by atoms with Crippen molar-refractivity contribution in [3.8, 4) is 11.4 Å². The molecule has 0 radical (unpaired) electrons. The molecular weight excluding hydrogens is 747 g/mol. The van der Waals surface area contributed by atoms with E-state index < -0.39 is 78.5 Å². The van der Waals surface area contributed by atoms with Crippen molar-refractivity contribution < 1.29 is 43.7 Å². The van der Waals surface area contributed by atoms with E-state index in [0.29, 0.717) is 6.42 Å². The number of hydrogen-bond donors (Lipinski definition) is 6. The first-order chi connectivity index (χ1) is 29.2. The summed E-state index contributed by atoms with van der Waals surface area (Å²) < 4.78 is 69.4. The Morgan fingerprint density at radius 1 is 0.810 bits per heavy atom. The lowest BCUT2D eigenvalue weighted by Gasteiger charge is -2.30. The maximum absolute atomic E-state index is 15.0. The highest BCUT2D eigenvalue weighted by atomic mass is 19.1. The number of aliphatic hydroxyl groups is 2. The number of β-amino-alcohol motifs (C(OH)–C–C–N with tert-alkyl or cyclic N) is 2. The van der Waals surface area contributed by atoms with Crippen LogP contribution in [0, 0.1) is 23.5 Å². The van der Waals surface area contributed by atoms with Gasteiger partial charge >= 0.3 is 0 Å². The lowest BCUT2D eigenvalue weighted by Crippen LogP contribution is -2.51. The number of likely N-dealkylation sites (tertiary alicyclic amines) is 2. The third-order valence-electron chi connectivity index (χ3n) is 11.8. The zero-order chi connectivity index (χ0) is 45.6. The number of H-pyrrole nitrogens is 2. The smallest absolute Gasteiger partial charge is 0.245 e. The summed E-state index contributed by atoms with van der Waals surface area (Å²) in [6, 6.07) is 3.11. The van der Waals surface area contributed by atoms with Gasteiger partial charge in [0.15, 0.2) is 0 Å². The van der Waals surface area contributed by atoms with Crippen LogP contribution in [-0.2, 0) is 31.9 Å². The molecule has 8 atom stereocenters. The Kier molecular flexibility index (Phi) is 11.7. The van der Waals surface area contributed by atoms with E-state index in [1.807, 2.05) is 6.92 Å². The second-order valence-electron chi connectivity index (χ2n) is 15.8. The number of hydrogen-bond acceptors (Lipinski definition) is 7. The van der Waals surface area contributed by atoms with Gasteiger partial charge in [0, 0.05) is 70.7 Å². The van der Waals surface area contributed by atoms with Crippen LogP contribution in [0.15, 0.2) is 36.4 Å². The van der Waals surface area contributed by atoms with E-state index in [-0.39, 0.29) is 107 Å². The van der Waals surface area contributed by atoms with Crippen LogP contribution in [0.2, 0.25) is 0 Å². The summed E-state index contributed by atoms with van der Waals surface area (Å²) in [7, 11) is 1.63. The topological polar surface area (TPSA) is 171 Å². The number of amides is 3. The number of carbonyl (C=O) groups is 4. The van der Waals surface area contributed by atoms with Crippen molar-refractivity contribution in [2.24, 2.45) is 11.8 Å². The van der Waals surface area contributed by atoms with Crippen LogP contribution < -0.4 is 10.6 Å². The summed E-state index contributed by atoms with van der Waals surface area (Å²) in [5.41, 5.74) is -0.0497. The van der Waals surface area contributed by atoms with Gasteiger partial charge in [-0.05, 0) is 106 Å². The molecule has 6 rings (SSSR count). The molecule has 4 aromatic rings. The van der Waals surface area contributed by atoms with Crippen LogP contribution in [0.4, 0.5) is 8.78 Å². The molecule has 2 aromatic heterocycles. The van der Waals surface area contributed by atoms with Gasteiger partial charge in [-0.3, -0.25) is 19.2 Å². The number of nitrogens with zero attached hydrogens (tertiary/aromatic N) is 2. The minimum Gasteiger partial charge on any atom is -0.391 e. The predicted octanol–water partition coefficient (Wildman–Crippen LogP) is 5.14. The number of aromatic nitrogens is 2. The van der Waals surface area contributed by atoms with Gasteiger partial charge in [0.25, 0.3) is 0 Å². The van der Waals surface area contributed by atoms with Crippen molar-refractivity contribution in [1.82, 2.24) is 30.4 Å². The molecule has 4 heterocycles. The van der Waals surface area contributed by atoms with Crippen LogP contribution >= 0.6 is 0 Å². The van der Waals surface area contributed by atoms with Crippen LogP contribution in [-0.4, -0.2) is 110 Å². The fourth-order valence-corrected chi connectivity index (χ4v) is 8.00. The maximum atomic E-state index is 15.0. The molecule has 0 spiro atoms. The van der Waals surface area contributed by atoms with Gasteiger partial charge in [0.2, 0.25) is 17.7 Å². The van der Waals surface area contributed by atoms with Crippen molar-refractivity contribution in [3.63, 3.8) is 0 Å². The molecule has 2 aliphatic rings. The number of ketones is 1. The molecule has 14 heteroatoms. The van der Waals surface area contributed by atoms with E-state index >= 15 is 0 Å². The first kappa shape index (κ1) is 37.6. The molecule has 0 aliphatic carbocycles. The molecule has 3 amide bonds. The average Bonchev–Trinajstić information content (AvgIpc) is 4.03. The van der Waals surface area contributed by atoms with E-state index in [9.17, 15) is 43.7 Å². The van der Waals surface area contributed by atoms with Crippen molar-refractivity contribution >= 4 is 45.3 Å². The van der Waals surface area contributed by atoms with Crippen molar-refractivity contribution in [3.05, 3.63) is 59.2 Å². The third-order valence-corrected chi connectivity index (χ3v) is 11.8. The molecule has 0 saturated carbocycles. The Balaban J connectivity index is 1.52. The summed E-state index contributed by atoms with van der Waals surface area (Å²) in [4.78, 5) is 63.1. The average molecular weight is 809 g/mol. The van der Waals surface area contributed by atoms with Gasteiger partial charge in [0.1, 0.15) is 23.5 Å². The van der Waals surface area contributed by atoms with E-state index in [4.69, 9.17) is 0 Å².